The molecule has 0 unspecified atom stereocenters. The highest BCUT2D eigenvalue weighted by atomic mass is 79.9. The van der Waals surface area contributed by atoms with Crippen molar-refractivity contribution in [2.45, 2.75) is 18.9 Å². The molecule has 0 bridgehead atoms. The molecule has 0 radical (unpaired) electrons. The quantitative estimate of drug-likeness (QED) is 0.757. The van der Waals surface area contributed by atoms with Crippen LogP contribution < -0.4 is 9.64 Å². The van der Waals surface area contributed by atoms with E-state index in [1.807, 2.05) is 36.5 Å². The standard InChI is InChI=1S/C17H17BrN4O/c18-12-3-5-14(6-4-12)23-10-13-2-1-9-22(13)17-15-7-8-19-16(15)20-11-21-17/h3-8,11,13H,1-2,9-10H2,(H,19,20,21)/t13-/m0/s1. The fourth-order valence-electron chi connectivity index (χ4n) is 3.10. The molecule has 1 saturated heterocycles. The lowest BCUT2D eigenvalue weighted by Gasteiger charge is -2.26. The first-order valence-electron chi connectivity index (χ1n) is 7.74. The first-order chi connectivity index (χ1) is 11.3. The number of hydrogen-bond acceptors (Lipinski definition) is 4. The van der Waals surface area contributed by atoms with Crippen molar-refractivity contribution in [1.29, 1.82) is 0 Å². The van der Waals surface area contributed by atoms with Gasteiger partial charge >= 0.3 is 0 Å². The van der Waals surface area contributed by atoms with Gasteiger partial charge in [-0.15, -0.1) is 0 Å². The van der Waals surface area contributed by atoms with Gasteiger partial charge in [0.1, 0.15) is 30.1 Å². The molecule has 1 aromatic carbocycles. The topological polar surface area (TPSA) is 54.0 Å². The zero-order valence-electron chi connectivity index (χ0n) is 12.6. The number of halogens is 1. The van der Waals surface area contributed by atoms with E-state index in [1.165, 1.54) is 0 Å². The SMILES string of the molecule is Brc1ccc(OC[C@@H]2CCCN2c2ncnc3[nH]ccc23)cc1. The van der Waals surface area contributed by atoms with Crippen LogP contribution in [0.4, 0.5) is 5.82 Å². The molecule has 1 aliphatic heterocycles. The summed E-state index contributed by atoms with van der Waals surface area (Å²) in [4.78, 5) is 14.3. The number of H-pyrrole nitrogens is 1. The highest BCUT2D eigenvalue weighted by Crippen LogP contribution is 2.29. The van der Waals surface area contributed by atoms with Gasteiger partial charge in [-0.25, -0.2) is 9.97 Å². The molecule has 5 nitrogen and oxygen atoms in total. The summed E-state index contributed by atoms with van der Waals surface area (Å²) in [6.45, 7) is 1.67. The van der Waals surface area contributed by atoms with Crippen LogP contribution in [0.1, 0.15) is 12.8 Å². The van der Waals surface area contributed by atoms with Gasteiger partial charge in [0, 0.05) is 17.2 Å². The molecule has 1 atom stereocenters. The van der Waals surface area contributed by atoms with Gasteiger partial charge in [0.2, 0.25) is 0 Å². The number of nitrogens with zero attached hydrogens (tertiary/aromatic N) is 3. The number of fused-ring (bicyclic) bond motifs is 1. The van der Waals surface area contributed by atoms with Crippen LogP contribution in [-0.2, 0) is 0 Å². The van der Waals surface area contributed by atoms with Gasteiger partial charge in [0.05, 0.1) is 11.4 Å². The Morgan fingerprint density at radius 2 is 2.09 bits per heavy atom. The molecule has 0 spiro atoms. The molecule has 4 rings (SSSR count). The number of anilines is 1. The largest absolute Gasteiger partial charge is 0.491 e. The van der Waals surface area contributed by atoms with E-state index in [2.05, 4.69) is 35.8 Å². The number of benzene rings is 1. The molecule has 0 amide bonds. The third kappa shape index (κ3) is 2.91. The van der Waals surface area contributed by atoms with Crippen LogP contribution in [0.2, 0.25) is 0 Å². The lowest BCUT2D eigenvalue weighted by Crippen LogP contribution is -2.34. The minimum absolute atomic E-state index is 0.339. The van der Waals surface area contributed by atoms with Crippen LogP contribution in [0, 0.1) is 0 Å². The summed E-state index contributed by atoms with van der Waals surface area (Å²) in [5.74, 6) is 1.90. The van der Waals surface area contributed by atoms with Crippen LogP contribution in [-0.4, -0.2) is 34.1 Å². The normalized spacial score (nSPS) is 17.8. The Morgan fingerprint density at radius 3 is 2.96 bits per heavy atom. The second-order valence-corrected chi connectivity index (χ2v) is 6.61. The molecule has 1 N–H and O–H groups in total. The molecule has 118 valence electrons. The number of rotatable bonds is 4. The molecule has 2 aromatic heterocycles. The van der Waals surface area contributed by atoms with Crippen molar-refractivity contribution in [2.24, 2.45) is 0 Å². The summed E-state index contributed by atoms with van der Waals surface area (Å²) < 4.78 is 7.03. The molecule has 23 heavy (non-hydrogen) atoms. The first-order valence-corrected chi connectivity index (χ1v) is 8.53. The maximum absolute atomic E-state index is 5.98. The van der Waals surface area contributed by atoms with Crippen molar-refractivity contribution in [3.63, 3.8) is 0 Å². The Morgan fingerprint density at radius 1 is 1.22 bits per heavy atom. The highest BCUT2D eigenvalue weighted by Gasteiger charge is 2.27. The Kier molecular flexibility index (Phi) is 3.91. The van der Waals surface area contributed by atoms with Gasteiger partial charge < -0.3 is 14.6 Å². The maximum Gasteiger partial charge on any atom is 0.142 e. The van der Waals surface area contributed by atoms with E-state index in [9.17, 15) is 0 Å². The van der Waals surface area contributed by atoms with E-state index in [4.69, 9.17) is 4.74 Å². The van der Waals surface area contributed by atoms with Crippen molar-refractivity contribution >= 4 is 32.8 Å². The van der Waals surface area contributed by atoms with E-state index in [0.29, 0.717) is 12.6 Å². The molecular weight excluding hydrogens is 356 g/mol. The molecule has 1 fully saturated rings. The van der Waals surface area contributed by atoms with Crippen molar-refractivity contribution in [3.8, 4) is 5.75 Å². The van der Waals surface area contributed by atoms with Gasteiger partial charge in [-0.05, 0) is 43.2 Å². The monoisotopic (exact) mass is 372 g/mol. The van der Waals surface area contributed by atoms with Crippen molar-refractivity contribution in [3.05, 3.63) is 47.3 Å². The van der Waals surface area contributed by atoms with E-state index in [0.717, 1.165) is 46.5 Å². The van der Waals surface area contributed by atoms with Crippen LogP contribution in [0.3, 0.4) is 0 Å². The van der Waals surface area contributed by atoms with Gasteiger partial charge in [-0.2, -0.15) is 0 Å². The van der Waals surface area contributed by atoms with Crippen LogP contribution >= 0.6 is 15.9 Å². The van der Waals surface area contributed by atoms with Gasteiger partial charge in [0.15, 0.2) is 0 Å². The summed E-state index contributed by atoms with van der Waals surface area (Å²) in [7, 11) is 0. The van der Waals surface area contributed by atoms with Crippen LogP contribution in [0.5, 0.6) is 5.75 Å². The molecule has 1 aliphatic rings. The second-order valence-electron chi connectivity index (χ2n) is 5.69. The number of aromatic nitrogens is 3. The average molecular weight is 373 g/mol. The number of nitrogens with one attached hydrogen (secondary N) is 1. The third-order valence-corrected chi connectivity index (χ3v) is 4.77. The molecule has 0 saturated carbocycles. The Bertz CT molecular complexity index is 802. The van der Waals surface area contributed by atoms with E-state index in [1.54, 1.807) is 6.33 Å². The highest BCUT2D eigenvalue weighted by molar-refractivity contribution is 9.10. The predicted octanol–water partition coefficient (Wildman–Crippen LogP) is 3.77. The first kappa shape index (κ1) is 14.5. The fourth-order valence-corrected chi connectivity index (χ4v) is 3.36. The summed E-state index contributed by atoms with van der Waals surface area (Å²) in [5, 5.41) is 1.07. The van der Waals surface area contributed by atoms with Crippen LogP contribution in [0.15, 0.2) is 47.3 Å². The minimum atomic E-state index is 0.339. The summed E-state index contributed by atoms with van der Waals surface area (Å²) in [6, 6.07) is 10.3. The van der Waals surface area contributed by atoms with Crippen molar-refractivity contribution in [1.82, 2.24) is 15.0 Å². The second kappa shape index (κ2) is 6.20. The summed E-state index contributed by atoms with van der Waals surface area (Å²) in [5.41, 5.74) is 0.884. The summed E-state index contributed by atoms with van der Waals surface area (Å²) >= 11 is 3.44. The van der Waals surface area contributed by atoms with Gasteiger partial charge in [-0.1, -0.05) is 15.9 Å². The van der Waals surface area contributed by atoms with Crippen LogP contribution in [0.25, 0.3) is 11.0 Å². The Balaban J connectivity index is 1.52. The minimum Gasteiger partial charge on any atom is -0.491 e. The number of hydrogen-bond donors (Lipinski definition) is 1. The lowest BCUT2D eigenvalue weighted by atomic mass is 10.2. The smallest absolute Gasteiger partial charge is 0.142 e. The van der Waals surface area contributed by atoms with Crippen molar-refractivity contribution < 1.29 is 4.74 Å². The van der Waals surface area contributed by atoms with Gasteiger partial charge in [-0.3, -0.25) is 0 Å². The molecule has 3 heterocycles. The number of aromatic amines is 1. The lowest BCUT2D eigenvalue weighted by molar-refractivity contribution is 0.288. The van der Waals surface area contributed by atoms with Crippen molar-refractivity contribution in [2.75, 3.05) is 18.1 Å². The molecule has 0 aliphatic carbocycles. The number of ether oxygens (including phenoxy) is 1. The molecular formula is C17H17BrN4O. The molecule has 6 heteroatoms. The zero-order chi connectivity index (χ0) is 15.6. The maximum atomic E-state index is 5.98. The molecule has 3 aromatic rings. The fraction of sp³-hybridized carbons (Fsp3) is 0.294. The third-order valence-electron chi connectivity index (χ3n) is 4.24. The Hall–Kier alpha value is -2.08. The van der Waals surface area contributed by atoms with E-state index in [-0.39, 0.29) is 0 Å². The predicted molar refractivity (Wildman–Crippen MR) is 93.9 cm³/mol. The summed E-state index contributed by atoms with van der Waals surface area (Å²) in [6.07, 6.45) is 5.81. The Labute approximate surface area is 142 Å². The van der Waals surface area contributed by atoms with Gasteiger partial charge in [0.25, 0.3) is 0 Å². The van der Waals surface area contributed by atoms with E-state index < -0.39 is 0 Å². The average Bonchev–Trinajstić information content (AvgIpc) is 3.23. The zero-order valence-corrected chi connectivity index (χ0v) is 14.2. The van der Waals surface area contributed by atoms with E-state index >= 15 is 0 Å².